The molecule has 2 N–H and O–H groups in total. The van der Waals surface area contributed by atoms with Gasteiger partial charge in [-0.1, -0.05) is 41.5 Å². The van der Waals surface area contributed by atoms with Crippen molar-refractivity contribution >= 4 is 21.6 Å². The quantitative estimate of drug-likeness (QED) is 0.593. The first-order valence-corrected chi connectivity index (χ1v) is 11.2. The van der Waals surface area contributed by atoms with Gasteiger partial charge < -0.3 is 5.32 Å². The van der Waals surface area contributed by atoms with Gasteiger partial charge in [0, 0.05) is 11.3 Å². The van der Waals surface area contributed by atoms with Crippen LogP contribution in [0.3, 0.4) is 0 Å². The van der Waals surface area contributed by atoms with E-state index >= 15 is 0 Å². The van der Waals surface area contributed by atoms with Crippen molar-refractivity contribution in [1.29, 1.82) is 0 Å². The van der Waals surface area contributed by atoms with Crippen molar-refractivity contribution in [3.63, 3.8) is 0 Å². The van der Waals surface area contributed by atoms with Crippen LogP contribution in [0.25, 0.3) is 0 Å². The molecule has 3 rings (SSSR count). The maximum Gasteiger partial charge on any atom is 0.261 e. The number of benzene rings is 3. The zero-order valence-corrected chi connectivity index (χ0v) is 18.4. The molecular weight excluding hydrogens is 396 g/mol. The minimum Gasteiger partial charge on any atom is -0.346 e. The summed E-state index contributed by atoms with van der Waals surface area (Å²) in [6.45, 7) is 7.89. The van der Waals surface area contributed by atoms with E-state index in [4.69, 9.17) is 0 Å². The number of anilines is 1. The van der Waals surface area contributed by atoms with E-state index in [1.165, 1.54) is 0 Å². The van der Waals surface area contributed by atoms with E-state index in [1.807, 2.05) is 39.8 Å². The summed E-state index contributed by atoms with van der Waals surface area (Å²) in [6, 6.07) is 19.0. The Morgan fingerprint density at radius 2 is 1.43 bits per heavy atom. The van der Waals surface area contributed by atoms with Crippen molar-refractivity contribution < 1.29 is 13.2 Å². The van der Waals surface area contributed by atoms with E-state index in [1.54, 1.807) is 48.5 Å². The van der Waals surface area contributed by atoms with Gasteiger partial charge in [0.15, 0.2) is 0 Å². The molecule has 6 heteroatoms. The first-order valence-electron chi connectivity index (χ1n) is 9.73. The van der Waals surface area contributed by atoms with Crippen molar-refractivity contribution in [2.75, 3.05) is 4.72 Å². The van der Waals surface area contributed by atoms with Gasteiger partial charge in [-0.25, -0.2) is 8.42 Å². The Morgan fingerprint density at radius 3 is 2.07 bits per heavy atom. The third kappa shape index (κ3) is 5.07. The highest BCUT2D eigenvalue weighted by molar-refractivity contribution is 7.92. The van der Waals surface area contributed by atoms with Gasteiger partial charge in [-0.3, -0.25) is 9.52 Å². The summed E-state index contributed by atoms with van der Waals surface area (Å²) in [7, 11) is -3.68. The summed E-state index contributed by atoms with van der Waals surface area (Å²) in [5.41, 5.74) is 5.18. The van der Waals surface area contributed by atoms with Gasteiger partial charge in [0.1, 0.15) is 0 Å². The third-order valence-corrected chi connectivity index (χ3v) is 6.38. The molecule has 5 nitrogen and oxygen atoms in total. The third-order valence-electron chi connectivity index (χ3n) is 4.98. The maximum atomic E-state index is 12.6. The molecule has 0 aliphatic heterocycles. The molecule has 3 aromatic rings. The molecule has 0 bridgehead atoms. The van der Waals surface area contributed by atoms with E-state index < -0.39 is 10.0 Å². The smallest absolute Gasteiger partial charge is 0.261 e. The molecule has 0 aliphatic carbocycles. The summed E-state index contributed by atoms with van der Waals surface area (Å²) in [6.07, 6.45) is 0. The molecule has 0 aliphatic rings. The number of aryl methyl sites for hydroxylation is 3. The monoisotopic (exact) mass is 422 g/mol. The summed E-state index contributed by atoms with van der Waals surface area (Å²) in [5, 5.41) is 3.00. The van der Waals surface area contributed by atoms with E-state index in [-0.39, 0.29) is 16.8 Å². The topological polar surface area (TPSA) is 75.3 Å². The van der Waals surface area contributed by atoms with Crippen LogP contribution in [0.15, 0.2) is 71.6 Å². The molecule has 0 spiro atoms. The summed E-state index contributed by atoms with van der Waals surface area (Å²) in [5.74, 6) is -0.212. The van der Waals surface area contributed by atoms with Crippen LogP contribution in [0.2, 0.25) is 0 Å². The van der Waals surface area contributed by atoms with Crippen LogP contribution < -0.4 is 10.0 Å². The molecule has 0 radical (unpaired) electrons. The second-order valence-electron chi connectivity index (χ2n) is 7.55. The lowest BCUT2D eigenvalue weighted by molar-refractivity contribution is 0.0940. The van der Waals surface area contributed by atoms with Gasteiger partial charge in [-0.15, -0.1) is 0 Å². The highest BCUT2D eigenvalue weighted by Gasteiger charge is 2.16. The minimum atomic E-state index is -3.68. The lowest BCUT2D eigenvalue weighted by atomic mass is 9.99. The SMILES string of the molecule is Cc1ccc(S(=O)(=O)Nc2ccc(C(=O)NC(C)c3cc(C)ccc3C)cc2)cc1. The van der Waals surface area contributed by atoms with E-state index in [0.29, 0.717) is 11.3 Å². The van der Waals surface area contributed by atoms with Crippen LogP contribution in [-0.2, 0) is 10.0 Å². The van der Waals surface area contributed by atoms with Crippen LogP contribution in [0.4, 0.5) is 5.69 Å². The Labute approximate surface area is 178 Å². The van der Waals surface area contributed by atoms with E-state index in [2.05, 4.69) is 16.1 Å². The first-order chi connectivity index (χ1) is 14.2. The van der Waals surface area contributed by atoms with E-state index in [0.717, 1.165) is 22.3 Å². The van der Waals surface area contributed by atoms with Gasteiger partial charge in [0.05, 0.1) is 10.9 Å². The standard InChI is InChI=1S/C24H26N2O3S/c1-16-6-13-22(14-7-16)30(28,29)26-21-11-9-20(10-12-21)24(27)25-19(4)23-15-17(2)5-8-18(23)3/h5-15,19,26H,1-4H3,(H,25,27). The summed E-state index contributed by atoms with van der Waals surface area (Å²) in [4.78, 5) is 12.8. The molecule has 3 aromatic carbocycles. The van der Waals surface area contributed by atoms with Crippen LogP contribution in [0, 0.1) is 20.8 Å². The van der Waals surface area contributed by atoms with Crippen molar-refractivity contribution in [2.24, 2.45) is 0 Å². The molecule has 0 aromatic heterocycles. The van der Waals surface area contributed by atoms with Crippen molar-refractivity contribution in [2.45, 2.75) is 38.6 Å². The highest BCUT2D eigenvalue weighted by atomic mass is 32.2. The lowest BCUT2D eigenvalue weighted by Crippen LogP contribution is -2.27. The second kappa shape index (κ2) is 8.71. The Balaban J connectivity index is 1.69. The van der Waals surface area contributed by atoms with Crippen LogP contribution in [0.1, 0.15) is 45.6 Å². The average molecular weight is 423 g/mol. The zero-order chi connectivity index (χ0) is 21.9. The highest BCUT2D eigenvalue weighted by Crippen LogP contribution is 2.21. The van der Waals surface area contributed by atoms with Gasteiger partial charge in [-0.05, 0) is 75.2 Å². The minimum absolute atomic E-state index is 0.142. The Bertz CT molecular complexity index is 1150. The fourth-order valence-electron chi connectivity index (χ4n) is 3.21. The Hall–Kier alpha value is -3.12. The maximum absolute atomic E-state index is 12.6. The zero-order valence-electron chi connectivity index (χ0n) is 17.6. The Kier molecular flexibility index (Phi) is 6.27. The molecule has 0 heterocycles. The van der Waals surface area contributed by atoms with Gasteiger partial charge in [0.25, 0.3) is 15.9 Å². The number of sulfonamides is 1. The number of rotatable bonds is 6. The second-order valence-corrected chi connectivity index (χ2v) is 9.23. The number of hydrogen-bond acceptors (Lipinski definition) is 3. The number of amides is 1. The molecule has 30 heavy (non-hydrogen) atoms. The van der Waals surface area contributed by atoms with E-state index in [9.17, 15) is 13.2 Å². The molecular formula is C24H26N2O3S. The largest absolute Gasteiger partial charge is 0.346 e. The molecule has 0 fully saturated rings. The number of carbonyl (C=O) groups is 1. The first kappa shape index (κ1) is 21.6. The van der Waals surface area contributed by atoms with Crippen LogP contribution >= 0.6 is 0 Å². The molecule has 1 atom stereocenters. The summed E-state index contributed by atoms with van der Waals surface area (Å²) < 4.78 is 27.5. The number of carbonyl (C=O) groups excluding carboxylic acids is 1. The molecule has 1 unspecified atom stereocenters. The molecule has 1 amide bonds. The van der Waals surface area contributed by atoms with Crippen molar-refractivity contribution in [3.05, 3.63) is 94.5 Å². The van der Waals surface area contributed by atoms with Crippen LogP contribution in [0.5, 0.6) is 0 Å². The van der Waals surface area contributed by atoms with Crippen LogP contribution in [-0.4, -0.2) is 14.3 Å². The van der Waals surface area contributed by atoms with Crippen molar-refractivity contribution in [3.8, 4) is 0 Å². The van der Waals surface area contributed by atoms with Gasteiger partial charge in [-0.2, -0.15) is 0 Å². The number of nitrogens with one attached hydrogen (secondary N) is 2. The lowest BCUT2D eigenvalue weighted by Gasteiger charge is -2.17. The van der Waals surface area contributed by atoms with Crippen molar-refractivity contribution in [1.82, 2.24) is 5.32 Å². The predicted molar refractivity (Wildman–Crippen MR) is 120 cm³/mol. The fourth-order valence-corrected chi connectivity index (χ4v) is 4.26. The van der Waals surface area contributed by atoms with Gasteiger partial charge in [0.2, 0.25) is 0 Å². The Morgan fingerprint density at radius 1 is 0.833 bits per heavy atom. The molecule has 0 saturated carbocycles. The molecule has 156 valence electrons. The average Bonchev–Trinajstić information content (AvgIpc) is 2.70. The summed E-state index contributed by atoms with van der Waals surface area (Å²) >= 11 is 0. The fraction of sp³-hybridized carbons (Fsp3) is 0.208. The predicted octanol–water partition coefficient (Wildman–Crippen LogP) is 4.90. The normalized spacial score (nSPS) is 12.3. The number of hydrogen-bond donors (Lipinski definition) is 2. The molecule has 0 saturated heterocycles. The van der Waals surface area contributed by atoms with Gasteiger partial charge >= 0.3 is 0 Å².